The van der Waals surface area contributed by atoms with Crippen LogP contribution in [0.5, 0.6) is 0 Å². The average Bonchev–Trinajstić information content (AvgIpc) is 2.62. The third kappa shape index (κ3) is 0.954. The van der Waals surface area contributed by atoms with Crippen LogP contribution in [0.25, 0.3) is 0 Å². The monoisotopic (exact) mass is 230 g/mol. The molecule has 2 bridgehead atoms. The van der Waals surface area contributed by atoms with Gasteiger partial charge in [0, 0.05) is 5.92 Å². The molecule has 0 radical (unpaired) electrons. The van der Waals surface area contributed by atoms with Crippen molar-refractivity contribution in [3.63, 3.8) is 0 Å². The van der Waals surface area contributed by atoms with Gasteiger partial charge in [-0.1, -0.05) is 28.1 Å². The first-order valence-electron chi connectivity index (χ1n) is 4.12. The van der Waals surface area contributed by atoms with Crippen LogP contribution in [0, 0.1) is 11.8 Å². The summed E-state index contributed by atoms with van der Waals surface area (Å²) in [5.41, 5.74) is 0. The quantitative estimate of drug-likeness (QED) is 0.391. The zero-order valence-electron chi connectivity index (χ0n) is 6.92. The van der Waals surface area contributed by atoms with Crippen LogP contribution in [0.3, 0.4) is 0 Å². The van der Waals surface area contributed by atoms with Crippen molar-refractivity contribution < 1.29 is 9.53 Å². The van der Waals surface area contributed by atoms with Gasteiger partial charge < -0.3 is 4.74 Å². The molecule has 0 aromatic rings. The molecule has 0 heterocycles. The fraction of sp³-hybridized carbons (Fsp3) is 0.667. The first-order chi connectivity index (χ1) is 5.66. The zero-order chi connectivity index (χ0) is 8.77. The highest BCUT2D eigenvalue weighted by Crippen LogP contribution is 2.51. The summed E-state index contributed by atoms with van der Waals surface area (Å²) in [6, 6.07) is 0. The minimum Gasteiger partial charge on any atom is -0.468 e. The van der Waals surface area contributed by atoms with E-state index >= 15 is 0 Å². The Labute approximate surface area is 80.1 Å². The average molecular weight is 231 g/mol. The van der Waals surface area contributed by atoms with Gasteiger partial charge in [0.25, 0.3) is 0 Å². The molecule has 2 rings (SSSR count). The van der Waals surface area contributed by atoms with Crippen LogP contribution in [-0.4, -0.2) is 17.4 Å². The van der Waals surface area contributed by atoms with Gasteiger partial charge in [-0.15, -0.1) is 0 Å². The maximum absolute atomic E-state index is 11.4. The number of hydrogen-bond acceptors (Lipinski definition) is 2. The number of methoxy groups -OCH3 is 1. The highest BCUT2D eigenvalue weighted by atomic mass is 79.9. The van der Waals surface area contributed by atoms with Crippen molar-refractivity contribution in [3.8, 4) is 0 Å². The van der Waals surface area contributed by atoms with Gasteiger partial charge in [0.15, 0.2) is 0 Å². The lowest BCUT2D eigenvalue weighted by Gasteiger charge is -2.25. The summed E-state index contributed by atoms with van der Waals surface area (Å²) in [5, 5.41) is 0. The maximum atomic E-state index is 11.4. The molecule has 0 aliphatic heterocycles. The first kappa shape index (κ1) is 8.30. The van der Waals surface area contributed by atoms with Crippen molar-refractivity contribution in [2.24, 2.45) is 11.8 Å². The van der Waals surface area contributed by atoms with E-state index in [0.29, 0.717) is 11.8 Å². The summed E-state index contributed by atoms with van der Waals surface area (Å²) in [5.74, 6) is 0.794. The number of esters is 1. The van der Waals surface area contributed by atoms with E-state index in [2.05, 4.69) is 28.1 Å². The summed E-state index contributed by atoms with van der Waals surface area (Å²) in [6.07, 6.45) is 6.31. The number of rotatable bonds is 1. The standard InChI is InChI=1S/C9H11BrO2/c1-12-8(11)9(10)5-6-2-3-7(9)4-6/h2-3,6-7H,4-5H2,1H3/t6-,7+,9-/m0/s1. The van der Waals surface area contributed by atoms with Gasteiger partial charge >= 0.3 is 5.97 Å². The number of carbonyl (C=O) groups is 1. The minimum absolute atomic E-state index is 0.126. The Bertz CT molecular complexity index is 249. The molecular formula is C9H11BrO2. The van der Waals surface area contributed by atoms with E-state index in [9.17, 15) is 4.79 Å². The van der Waals surface area contributed by atoms with Crippen molar-refractivity contribution in [2.45, 2.75) is 17.2 Å². The van der Waals surface area contributed by atoms with E-state index < -0.39 is 4.32 Å². The molecule has 0 aromatic heterocycles. The smallest absolute Gasteiger partial charge is 0.323 e. The van der Waals surface area contributed by atoms with Crippen molar-refractivity contribution in [1.82, 2.24) is 0 Å². The second-order valence-corrected chi connectivity index (χ2v) is 4.96. The molecule has 3 heteroatoms. The van der Waals surface area contributed by atoms with E-state index in [-0.39, 0.29) is 5.97 Å². The molecule has 66 valence electrons. The summed E-state index contributed by atoms with van der Waals surface area (Å²) in [6.45, 7) is 0. The van der Waals surface area contributed by atoms with Crippen molar-refractivity contribution >= 4 is 21.9 Å². The van der Waals surface area contributed by atoms with Gasteiger partial charge in [0.05, 0.1) is 7.11 Å². The maximum Gasteiger partial charge on any atom is 0.323 e. The number of allylic oxidation sites excluding steroid dienone is 2. The van der Waals surface area contributed by atoms with Crippen LogP contribution in [0.2, 0.25) is 0 Å². The molecule has 2 aliphatic rings. The predicted molar refractivity (Wildman–Crippen MR) is 49.0 cm³/mol. The fourth-order valence-electron chi connectivity index (χ4n) is 2.20. The van der Waals surface area contributed by atoms with Crippen LogP contribution < -0.4 is 0 Å². The molecule has 0 saturated heterocycles. The molecular weight excluding hydrogens is 220 g/mol. The molecule has 2 aliphatic carbocycles. The van der Waals surface area contributed by atoms with Gasteiger partial charge in [0.1, 0.15) is 4.32 Å². The Morgan fingerprint density at radius 1 is 1.67 bits per heavy atom. The van der Waals surface area contributed by atoms with E-state index in [1.165, 1.54) is 7.11 Å². The SMILES string of the molecule is COC(=O)[C@]1(Br)C[C@H]2C=C[C@@H]1C2. The summed E-state index contributed by atoms with van der Waals surface area (Å²) >= 11 is 3.50. The number of halogens is 1. The number of fused-ring (bicyclic) bond motifs is 2. The van der Waals surface area contributed by atoms with Crippen LogP contribution >= 0.6 is 15.9 Å². The molecule has 1 saturated carbocycles. The second kappa shape index (κ2) is 2.59. The second-order valence-electron chi connectivity index (χ2n) is 3.55. The Balaban J connectivity index is 2.23. The number of carbonyl (C=O) groups excluding carboxylic acids is 1. The Hall–Kier alpha value is -0.310. The molecule has 0 unspecified atom stereocenters. The van der Waals surface area contributed by atoms with Crippen molar-refractivity contribution in [3.05, 3.63) is 12.2 Å². The van der Waals surface area contributed by atoms with Crippen LogP contribution in [0.15, 0.2) is 12.2 Å². The molecule has 0 amide bonds. The summed E-state index contributed by atoms with van der Waals surface area (Å²) in [4.78, 5) is 11.4. The van der Waals surface area contributed by atoms with Crippen LogP contribution in [0.1, 0.15) is 12.8 Å². The molecule has 2 nitrogen and oxygen atoms in total. The number of hydrogen-bond donors (Lipinski definition) is 0. The van der Waals surface area contributed by atoms with Gasteiger partial charge in [-0.05, 0) is 18.8 Å². The Morgan fingerprint density at radius 3 is 2.83 bits per heavy atom. The lowest BCUT2D eigenvalue weighted by molar-refractivity contribution is -0.144. The third-order valence-corrected chi connectivity index (χ3v) is 4.08. The predicted octanol–water partition coefficient (Wildman–Crippen LogP) is 1.89. The number of ether oxygens (including phenoxy) is 1. The highest BCUT2D eigenvalue weighted by Gasteiger charge is 2.52. The Kier molecular flexibility index (Phi) is 1.79. The molecule has 1 fully saturated rings. The largest absolute Gasteiger partial charge is 0.468 e. The Morgan fingerprint density at radius 2 is 2.42 bits per heavy atom. The molecule has 3 atom stereocenters. The van der Waals surface area contributed by atoms with E-state index in [0.717, 1.165) is 12.8 Å². The third-order valence-electron chi connectivity index (χ3n) is 2.84. The number of alkyl halides is 1. The van der Waals surface area contributed by atoms with E-state index in [1.54, 1.807) is 0 Å². The molecule has 0 aromatic carbocycles. The zero-order valence-corrected chi connectivity index (χ0v) is 8.50. The van der Waals surface area contributed by atoms with Crippen LogP contribution in [0.4, 0.5) is 0 Å². The first-order valence-corrected chi connectivity index (χ1v) is 4.92. The topological polar surface area (TPSA) is 26.3 Å². The molecule has 0 N–H and O–H groups in total. The van der Waals surface area contributed by atoms with Gasteiger partial charge in [-0.2, -0.15) is 0 Å². The molecule has 12 heavy (non-hydrogen) atoms. The highest BCUT2D eigenvalue weighted by molar-refractivity contribution is 9.10. The minimum atomic E-state index is -0.416. The molecule has 0 spiro atoms. The normalized spacial score (nSPS) is 43.5. The fourth-order valence-corrected chi connectivity index (χ4v) is 3.12. The lowest BCUT2D eigenvalue weighted by Crippen LogP contribution is -2.37. The summed E-state index contributed by atoms with van der Waals surface area (Å²) in [7, 11) is 1.45. The van der Waals surface area contributed by atoms with Gasteiger partial charge in [-0.25, -0.2) is 0 Å². The lowest BCUT2D eigenvalue weighted by atomic mass is 9.93. The van der Waals surface area contributed by atoms with E-state index in [1.807, 2.05) is 0 Å². The van der Waals surface area contributed by atoms with Gasteiger partial charge in [0.2, 0.25) is 0 Å². The van der Waals surface area contributed by atoms with E-state index in [4.69, 9.17) is 4.74 Å². The van der Waals surface area contributed by atoms with Gasteiger partial charge in [-0.3, -0.25) is 4.79 Å². The van der Waals surface area contributed by atoms with Crippen LogP contribution in [-0.2, 0) is 9.53 Å². The van der Waals surface area contributed by atoms with Crippen molar-refractivity contribution in [1.29, 1.82) is 0 Å². The summed E-state index contributed by atoms with van der Waals surface area (Å²) < 4.78 is 4.35. The van der Waals surface area contributed by atoms with Crippen molar-refractivity contribution in [2.75, 3.05) is 7.11 Å².